The molecule has 1 amide bonds. The van der Waals surface area contributed by atoms with Crippen LogP contribution in [0.25, 0.3) is 0 Å². The van der Waals surface area contributed by atoms with Gasteiger partial charge in [0.1, 0.15) is 6.10 Å². The van der Waals surface area contributed by atoms with Crippen LogP contribution < -0.4 is 5.32 Å². The van der Waals surface area contributed by atoms with E-state index < -0.39 is 6.09 Å². The average Bonchev–Trinajstić information content (AvgIpc) is 2.26. The fraction of sp³-hybridized carbons (Fsp3) is 0.923. The first-order valence-electron chi connectivity index (χ1n) is 6.60. The summed E-state index contributed by atoms with van der Waals surface area (Å²) >= 11 is 0. The predicted octanol–water partition coefficient (Wildman–Crippen LogP) is 2.17. The predicted molar refractivity (Wildman–Crippen MR) is 66.7 cm³/mol. The van der Waals surface area contributed by atoms with Crippen LogP contribution in [0.3, 0.4) is 0 Å². The Morgan fingerprint density at radius 1 is 1.47 bits per heavy atom. The number of ether oxygens (including phenoxy) is 1. The number of carbonyl (C=O) groups is 1. The van der Waals surface area contributed by atoms with E-state index in [9.17, 15) is 4.79 Å². The highest BCUT2D eigenvalue weighted by atomic mass is 16.6. The number of hydrogen-bond acceptors (Lipinski definition) is 3. The molecule has 0 spiro atoms. The van der Waals surface area contributed by atoms with E-state index in [1.54, 1.807) is 0 Å². The van der Waals surface area contributed by atoms with Gasteiger partial charge in [0.05, 0.1) is 6.61 Å². The first-order valence-corrected chi connectivity index (χ1v) is 6.60. The summed E-state index contributed by atoms with van der Waals surface area (Å²) in [6.45, 7) is 6.78. The fourth-order valence-corrected chi connectivity index (χ4v) is 2.59. The molecule has 0 saturated heterocycles. The number of hydrogen-bond donors (Lipinski definition) is 2. The number of amides is 1. The Morgan fingerprint density at radius 3 is 2.76 bits per heavy atom. The molecular weight excluding hydrogens is 218 g/mol. The quantitative estimate of drug-likeness (QED) is 0.795. The number of alkyl carbamates (subject to hydrolysis) is 1. The van der Waals surface area contributed by atoms with E-state index in [0.717, 1.165) is 12.8 Å². The van der Waals surface area contributed by atoms with Crippen molar-refractivity contribution in [1.82, 2.24) is 5.32 Å². The summed E-state index contributed by atoms with van der Waals surface area (Å²) < 4.78 is 5.48. The van der Waals surface area contributed by atoms with Crippen LogP contribution >= 0.6 is 0 Å². The summed E-state index contributed by atoms with van der Waals surface area (Å²) in [5.41, 5.74) is 0. The molecule has 2 N–H and O–H groups in total. The number of aliphatic hydroxyl groups is 1. The summed E-state index contributed by atoms with van der Waals surface area (Å²) in [5, 5.41) is 11.2. The van der Waals surface area contributed by atoms with Gasteiger partial charge in [-0.2, -0.15) is 0 Å². The molecule has 4 nitrogen and oxygen atoms in total. The maximum atomic E-state index is 11.5. The minimum atomic E-state index is -0.399. The van der Waals surface area contributed by atoms with Gasteiger partial charge in [-0.25, -0.2) is 4.79 Å². The maximum Gasteiger partial charge on any atom is 0.407 e. The van der Waals surface area contributed by atoms with Crippen molar-refractivity contribution in [2.24, 2.45) is 17.8 Å². The molecule has 17 heavy (non-hydrogen) atoms. The summed E-state index contributed by atoms with van der Waals surface area (Å²) in [6, 6.07) is 0. The Kier molecular flexibility index (Phi) is 5.75. The van der Waals surface area contributed by atoms with Gasteiger partial charge in [-0.05, 0) is 30.6 Å². The zero-order valence-corrected chi connectivity index (χ0v) is 11.1. The standard InChI is InChI=1S/C13H25NO3/c1-9(2)11-5-4-10(3)8-12(11)17-13(16)14-6-7-15/h9-12,15H,4-8H2,1-3H3,(H,14,16)/t10-,11+,12-/m1/s1. The molecule has 1 saturated carbocycles. The van der Waals surface area contributed by atoms with Crippen LogP contribution in [0.5, 0.6) is 0 Å². The third kappa shape index (κ3) is 4.54. The van der Waals surface area contributed by atoms with Crippen molar-refractivity contribution in [2.75, 3.05) is 13.2 Å². The minimum Gasteiger partial charge on any atom is -0.446 e. The van der Waals surface area contributed by atoms with Crippen LogP contribution in [0.1, 0.15) is 40.0 Å². The molecule has 0 aromatic heterocycles. The molecule has 100 valence electrons. The first kappa shape index (κ1) is 14.3. The fourth-order valence-electron chi connectivity index (χ4n) is 2.59. The van der Waals surface area contributed by atoms with Crippen molar-refractivity contribution >= 4 is 6.09 Å². The Bertz CT molecular complexity index is 243. The second-order valence-corrected chi connectivity index (χ2v) is 5.42. The summed E-state index contributed by atoms with van der Waals surface area (Å²) in [5.74, 6) is 1.63. The zero-order chi connectivity index (χ0) is 12.8. The summed E-state index contributed by atoms with van der Waals surface area (Å²) in [4.78, 5) is 11.5. The second-order valence-electron chi connectivity index (χ2n) is 5.42. The first-order chi connectivity index (χ1) is 8.04. The van der Waals surface area contributed by atoms with E-state index in [1.807, 2.05) is 0 Å². The SMILES string of the molecule is CC(C)[C@@H]1CC[C@@H](C)C[C@H]1OC(=O)NCCO. The molecule has 0 bridgehead atoms. The lowest BCUT2D eigenvalue weighted by molar-refractivity contribution is 0.00583. The van der Waals surface area contributed by atoms with E-state index in [2.05, 4.69) is 26.1 Å². The van der Waals surface area contributed by atoms with Crippen molar-refractivity contribution in [2.45, 2.75) is 46.1 Å². The van der Waals surface area contributed by atoms with Gasteiger partial charge in [0.15, 0.2) is 0 Å². The van der Waals surface area contributed by atoms with Gasteiger partial charge in [-0.3, -0.25) is 0 Å². The largest absolute Gasteiger partial charge is 0.446 e. The molecule has 3 atom stereocenters. The number of rotatable bonds is 4. The van der Waals surface area contributed by atoms with Crippen LogP contribution in [0, 0.1) is 17.8 Å². The molecule has 1 fully saturated rings. The molecule has 4 heteroatoms. The average molecular weight is 243 g/mol. The molecule has 1 aliphatic carbocycles. The third-order valence-electron chi connectivity index (χ3n) is 3.60. The molecule has 0 radical (unpaired) electrons. The molecular formula is C13H25NO3. The zero-order valence-electron chi connectivity index (χ0n) is 11.1. The van der Waals surface area contributed by atoms with Crippen molar-refractivity contribution in [1.29, 1.82) is 0 Å². The summed E-state index contributed by atoms with van der Waals surface area (Å²) in [6.07, 6.45) is 2.94. The van der Waals surface area contributed by atoms with Gasteiger partial charge in [0.25, 0.3) is 0 Å². The lowest BCUT2D eigenvalue weighted by atomic mass is 9.75. The molecule has 1 rings (SSSR count). The lowest BCUT2D eigenvalue weighted by Crippen LogP contribution is -2.39. The number of nitrogens with one attached hydrogen (secondary N) is 1. The highest BCUT2D eigenvalue weighted by Crippen LogP contribution is 2.35. The Labute approximate surface area is 104 Å². The molecule has 0 aliphatic heterocycles. The van der Waals surface area contributed by atoms with Gasteiger partial charge in [0.2, 0.25) is 0 Å². The van der Waals surface area contributed by atoms with E-state index in [1.165, 1.54) is 6.42 Å². The van der Waals surface area contributed by atoms with Crippen LogP contribution in [0.4, 0.5) is 4.79 Å². The number of aliphatic hydroxyl groups excluding tert-OH is 1. The van der Waals surface area contributed by atoms with Crippen LogP contribution in [-0.2, 0) is 4.74 Å². The maximum absolute atomic E-state index is 11.5. The normalized spacial score (nSPS) is 29.1. The van der Waals surface area contributed by atoms with E-state index in [4.69, 9.17) is 9.84 Å². The summed E-state index contributed by atoms with van der Waals surface area (Å²) in [7, 11) is 0. The van der Waals surface area contributed by atoms with E-state index >= 15 is 0 Å². The van der Waals surface area contributed by atoms with Crippen molar-refractivity contribution in [3.63, 3.8) is 0 Å². The second kappa shape index (κ2) is 6.84. The van der Waals surface area contributed by atoms with E-state index in [0.29, 0.717) is 17.8 Å². The molecule has 0 aromatic carbocycles. The topological polar surface area (TPSA) is 58.6 Å². The highest BCUT2D eigenvalue weighted by molar-refractivity contribution is 5.67. The van der Waals surface area contributed by atoms with Crippen molar-refractivity contribution in [3.05, 3.63) is 0 Å². The highest BCUT2D eigenvalue weighted by Gasteiger charge is 2.33. The lowest BCUT2D eigenvalue weighted by Gasteiger charge is -2.36. The molecule has 1 aliphatic rings. The molecule has 0 heterocycles. The van der Waals surface area contributed by atoms with Crippen molar-refractivity contribution < 1.29 is 14.6 Å². The van der Waals surface area contributed by atoms with Crippen LogP contribution in [0.2, 0.25) is 0 Å². The Hall–Kier alpha value is -0.770. The van der Waals surface area contributed by atoms with Gasteiger partial charge < -0.3 is 15.2 Å². The van der Waals surface area contributed by atoms with E-state index in [-0.39, 0.29) is 19.3 Å². The molecule has 0 unspecified atom stereocenters. The third-order valence-corrected chi connectivity index (χ3v) is 3.60. The monoisotopic (exact) mass is 243 g/mol. The Balaban J connectivity index is 2.48. The van der Waals surface area contributed by atoms with Gasteiger partial charge >= 0.3 is 6.09 Å². The van der Waals surface area contributed by atoms with Gasteiger partial charge in [-0.15, -0.1) is 0 Å². The van der Waals surface area contributed by atoms with Gasteiger partial charge in [-0.1, -0.05) is 27.2 Å². The van der Waals surface area contributed by atoms with Crippen molar-refractivity contribution in [3.8, 4) is 0 Å². The smallest absolute Gasteiger partial charge is 0.407 e. The van der Waals surface area contributed by atoms with Gasteiger partial charge in [0, 0.05) is 6.54 Å². The van der Waals surface area contributed by atoms with Crippen LogP contribution in [-0.4, -0.2) is 30.5 Å². The Morgan fingerprint density at radius 2 is 2.18 bits per heavy atom. The van der Waals surface area contributed by atoms with Crippen LogP contribution in [0.15, 0.2) is 0 Å². The molecule has 0 aromatic rings. The number of carbonyl (C=O) groups excluding carboxylic acids is 1. The minimum absolute atomic E-state index is 0.0254.